The molecule has 0 aliphatic carbocycles. The third-order valence-corrected chi connectivity index (χ3v) is 2.74. The van der Waals surface area contributed by atoms with Crippen molar-refractivity contribution in [3.05, 3.63) is 28.8 Å². The second kappa shape index (κ2) is 5.32. The van der Waals surface area contributed by atoms with Gasteiger partial charge in [0.15, 0.2) is 0 Å². The lowest BCUT2D eigenvalue weighted by molar-refractivity contribution is 0.375. The summed E-state index contributed by atoms with van der Waals surface area (Å²) in [6, 6.07) is 4.24. The Morgan fingerprint density at radius 1 is 1.25 bits per heavy atom. The highest BCUT2D eigenvalue weighted by Gasteiger charge is 2.12. The first-order valence-corrected chi connectivity index (χ1v) is 5.51. The summed E-state index contributed by atoms with van der Waals surface area (Å²) in [5, 5.41) is 0. The van der Waals surface area contributed by atoms with Crippen LogP contribution in [0.15, 0.2) is 12.1 Å². The monoisotopic (exact) mass is 222 g/mol. The number of benzene rings is 1. The molecule has 0 fully saturated rings. The number of nitrogens with zero attached hydrogens (tertiary/aromatic N) is 1. The second-order valence-corrected chi connectivity index (χ2v) is 4.55. The molecule has 0 aliphatic heterocycles. The lowest BCUT2D eigenvalue weighted by atomic mass is 9.98. The lowest BCUT2D eigenvalue weighted by Gasteiger charge is -2.20. The van der Waals surface area contributed by atoms with Crippen molar-refractivity contribution in [1.82, 2.24) is 4.90 Å². The van der Waals surface area contributed by atoms with Crippen molar-refractivity contribution in [2.75, 3.05) is 27.7 Å². The molecule has 0 radical (unpaired) electrons. The third-order valence-electron chi connectivity index (χ3n) is 2.74. The largest absolute Gasteiger partial charge is 0.496 e. The van der Waals surface area contributed by atoms with Crippen LogP contribution in [0, 0.1) is 13.8 Å². The number of ether oxygens (including phenoxy) is 1. The second-order valence-electron chi connectivity index (χ2n) is 4.55. The van der Waals surface area contributed by atoms with Crippen LogP contribution in [0.25, 0.3) is 0 Å². The first kappa shape index (κ1) is 13.0. The number of nitrogens with two attached hydrogens (primary N) is 1. The summed E-state index contributed by atoms with van der Waals surface area (Å²) in [6.07, 6.45) is 0. The van der Waals surface area contributed by atoms with Crippen LogP contribution in [-0.4, -0.2) is 32.6 Å². The molecule has 0 saturated carbocycles. The summed E-state index contributed by atoms with van der Waals surface area (Å²) in [4.78, 5) is 2.10. The van der Waals surface area contributed by atoms with Crippen molar-refractivity contribution in [3.8, 4) is 5.75 Å². The standard InChI is InChI=1S/C13H22N2O/c1-9-7-13(16-5)10(2)6-11(9)12(14)8-15(3)4/h6-7,12H,8,14H2,1-5H3. The molecule has 0 aromatic heterocycles. The molecule has 90 valence electrons. The Bertz CT molecular complexity index is 361. The molecular weight excluding hydrogens is 200 g/mol. The van der Waals surface area contributed by atoms with Gasteiger partial charge in [-0.3, -0.25) is 0 Å². The van der Waals surface area contributed by atoms with Crippen LogP contribution < -0.4 is 10.5 Å². The predicted molar refractivity (Wildman–Crippen MR) is 68.0 cm³/mol. The third kappa shape index (κ3) is 2.97. The fourth-order valence-corrected chi connectivity index (χ4v) is 1.92. The van der Waals surface area contributed by atoms with Crippen molar-refractivity contribution >= 4 is 0 Å². The maximum Gasteiger partial charge on any atom is 0.122 e. The van der Waals surface area contributed by atoms with Crippen molar-refractivity contribution in [2.45, 2.75) is 19.9 Å². The van der Waals surface area contributed by atoms with Crippen molar-refractivity contribution in [1.29, 1.82) is 0 Å². The Balaban J connectivity index is 3.01. The number of rotatable bonds is 4. The number of likely N-dealkylation sites (N-methyl/N-ethyl adjacent to an activating group) is 1. The van der Waals surface area contributed by atoms with Gasteiger partial charge in [-0.1, -0.05) is 6.07 Å². The van der Waals surface area contributed by atoms with Gasteiger partial charge < -0.3 is 15.4 Å². The zero-order chi connectivity index (χ0) is 12.3. The summed E-state index contributed by atoms with van der Waals surface area (Å²) in [5.41, 5.74) is 9.70. The smallest absolute Gasteiger partial charge is 0.122 e. The van der Waals surface area contributed by atoms with E-state index in [1.807, 2.05) is 21.0 Å². The van der Waals surface area contributed by atoms with Gasteiger partial charge in [-0.15, -0.1) is 0 Å². The highest BCUT2D eigenvalue weighted by molar-refractivity contribution is 5.42. The normalized spacial score (nSPS) is 12.9. The Kier molecular flexibility index (Phi) is 4.33. The van der Waals surface area contributed by atoms with E-state index in [4.69, 9.17) is 10.5 Å². The fraction of sp³-hybridized carbons (Fsp3) is 0.538. The van der Waals surface area contributed by atoms with Gasteiger partial charge in [0.1, 0.15) is 5.75 Å². The molecule has 2 N–H and O–H groups in total. The van der Waals surface area contributed by atoms with Gasteiger partial charge in [0.25, 0.3) is 0 Å². The minimum Gasteiger partial charge on any atom is -0.496 e. The van der Waals surface area contributed by atoms with E-state index in [9.17, 15) is 0 Å². The predicted octanol–water partition coefficient (Wildman–Crippen LogP) is 1.87. The highest BCUT2D eigenvalue weighted by atomic mass is 16.5. The van der Waals surface area contributed by atoms with Crippen molar-refractivity contribution in [2.24, 2.45) is 5.73 Å². The van der Waals surface area contributed by atoms with Crippen LogP contribution in [0.3, 0.4) is 0 Å². The van der Waals surface area contributed by atoms with Gasteiger partial charge in [-0.25, -0.2) is 0 Å². The molecule has 1 aromatic carbocycles. The number of aryl methyl sites for hydroxylation is 2. The molecule has 3 nitrogen and oxygen atoms in total. The van der Waals surface area contributed by atoms with E-state index in [-0.39, 0.29) is 6.04 Å². The van der Waals surface area contributed by atoms with Crippen molar-refractivity contribution in [3.63, 3.8) is 0 Å². The zero-order valence-corrected chi connectivity index (χ0v) is 10.9. The minimum absolute atomic E-state index is 0.0552. The molecule has 1 aromatic rings. The molecule has 1 atom stereocenters. The Morgan fingerprint density at radius 2 is 1.88 bits per heavy atom. The average molecular weight is 222 g/mol. The van der Waals surface area contributed by atoms with E-state index in [1.54, 1.807) is 7.11 Å². The van der Waals surface area contributed by atoms with E-state index >= 15 is 0 Å². The quantitative estimate of drug-likeness (QED) is 0.845. The van der Waals surface area contributed by atoms with Gasteiger partial charge in [-0.2, -0.15) is 0 Å². The van der Waals surface area contributed by atoms with Crippen LogP contribution in [0.1, 0.15) is 22.7 Å². The van der Waals surface area contributed by atoms with E-state index in [0.717, 1.165) is 17.9 Å². The van der Waals surface area contributed by atoms with Gasteiger partial charge in [0.05, 0.1) is 7.11 Å². The highest BCUT2D eigenvalue weighted by Crippen LogP contribution is 2.25. The van der Waals surface area contributed by atoms with Gasteiger partial charge in [0, 0.05) is 12.6 Å². The topological polar surface area (TPSA) is 38.5 Å². The fourth-order valence-electron chi connectivity index (χ4n) is 1.92. The molecule has 0 aliphatic rings. The maximum atomic E-state index is 6.17. The summed E-state index contributed by atoms with van der Waals surface area (Å²) in [7, 11) is 5.76. The summed E-state index contributed by atoms with van der Waals surface area (Å²) in [5.74, 6) is 0.929. The van der Waals surface area contributed by atoms with Gasteiger partial charge in [-0.05, 0) is 50.7 Å². The number of hydrogen-bond donors (Lipinski definition) is 1. The SMILES string of the molecule is COc1cc(C)c(C(N)CN(C)C)cc1C. The van der Waals surface area contributed by atoms with E-state index in [2.05, 4.69) is 24.0 Å². The van der Waals surface area contributed by atoms with E-state index in [0.29, 0.717) is 0 Å². The van der Waals surface area contributed by atoms with Crippen LogP contribution in [-0.2, 0) is 0 Å². The Morgan fingerprint density at radius 3 is 2.38 bits per heavy atom. The summed E-state index contributed by atoms with van der Waals surface area (Å²) >= 11 is 0. The first-order chi connectivity index (χ1) is 7.45. The molecule has 0 spiro atoms. The molecule has 1 rings (SSSR count). The van der Waals surface area contributed by atoms with Gasteiger partial charge in [0.2, 0.25) is 0 Å². The van der Waals surface area contributed by atoms with E-state index < -0.39 is 0 Å². The number of hydrogen-bond acceptors (Lipinski definition) is 3. The molecule has 0 heterocycles. The van der Waals surface area contributed by atoms with Crippen LogP contribution in [0.5, 0.6) is 5.75 Å². The maximum absolute atomic E-state index is 6.17. The Hall–Kier alpha value is -1.06. The van der Waals surface area contributed by atoms with Crippen LogP contribution >= 0.6 is 0 Å². The zero-order valence-electron chi connectivity index (χ0n) is 10.9. The van der Waals surface area contributed by atoms with Crippen LogP contribution in [0.4, 0.5) is 0 Å². The lowest BCUT2D eigenvalue weighted by Crippen LogP contribution is -2.26. The average Bonchev–Trinajstić information content (AvgIpc) is 2.19. The van der Waals surface area contributed by atoms with Crippen molar-refractivity contribution < 1.29 is 4.74 Å². The Labute approximate surface area is 98.2 Å². The molecule has 16 heavy (non-hydrogen) atoms. The molecule has 0 bridgehead atoms. The number of methoxy groups -OCH3 is 1. The molecule has 0 saturated heterocycles. The first-order valence-electron chi connectivity index (χ1n) is 5.51. The molecule has 0 amide bonds. The van der Waals surface area contributed by atoms with Gasteiger partial charge >= 0.3 is 0 Å². The summed E-state index contributed by atoms with van der Waals surface area (Å²) in [6.45, 7) is 4.98. The molecular formula is C13H22N2O. The molecule has 1 unspecified atom stereocenters. The minimum atomic E-state index is 0.0552. The van der Waals surface area contributed by atoms with Crippen LogP contribution in [0.2, 0.25) is 0 Å². The van der Waals surface area contributed by atoms with E-state index in [1.165, 1.54) is 11.1 Å². The molecule has 3 heteroatoms. The summed E-state index contributed by atoms with van der Waals surface area (Å²) < 4.78 is 5.29.